The lowest BCUT2D eigenvalue weighted by atomic mass is 10.2. The molecular weight excluding hydrogens is 302 g/mol. The Morgan fingerprint density at radius 3 is 2.41 bits per heavy atom. The van der Waals surface area contributed by atoms with E-state index in [1.54, 1.807) is 26.6 Å². The van der Waals surface area contributed by atoms with Crippen molar-refractivity contribution in [3.8, 4) is 11.3 Å². The quantitative estimate of drug-likeness (QED) is 0.759. The van der Waals surface area contributed by atoms with E-state index in [4.69, 9.17) is 9.47 Å². The highest BCUT2D eigenvalue weighted by molar-refractivity contribution is 7.09. The minimum atomic E-state index is -0.0414. The zero-order valence-corrected chi connectivity index (χ0v) is 13.7. The Kier molecular flexibility index (Phi) is 6.73. The second kappa shape index (κ2) is 8.79. The standard InChI is InChI=1S/C15H21N3O3S/c1-20-9-7-18(8-10-21-2)11-13-14(17-15(19)22-13)12-3-5-16-6-4-12/h3-6H,7-11H2,1-2H3,(H,17,19). The molecule has 0 radical (unpaired) electrons. The molecule has 22 heavy (non-hydrogen) atoms. The predicted octanol–water partition coefficient (Wildman–Crippen LogP) is 1.59. The number of pyridine rings is 1. The number of rotatable bonds is 9. The number of hydrogen-bond acceptors (Lipinski definition) is 6. The molecule has 6 nitrogen and oxygen atoms in total. The van der Waals surface area contributed by atoms with Gasteiger partial charge >= 0.3 is 4.87 Å². The largest absolute Gasteiger partial charge is 0.383 e. The van der Waals surface area contributed by atoms with Crippen LogP contribution in [0.2, 0.25) is 0 Å². The van der Waals surface area contributed by atoms with Crippen molar-refractivity contribution in [1.82, 2.24) is 14.9 Å². The molecule has 2 aromatic rings. The van der Waals surface area contributed by atoms with Crippen molar-refractivity contribution in [3.05, 3.63) is 39.1 Å². The third kappa shape index (κ3) is 4.74. The Hall–Kier alpha value is -1.54. The van der Waals surface area contributed by atoms with E-state index in [1.807, 2.05) is 12.1 Å². The number of aromatic amines is 1. The summed E-state index contributed by atoms with van der Waals surface area (Å²) in [6.45, 7) is 3.57. The van der Waals surface area contributed by atoms with Crippen molar-refractivity contribution in [1.29, 1.82) is 0 Å². The molecule has 0 amide bonds. The van der Waals surface area contributed by atoms with Crippen LogP contribution in [-0.4, -0.2) is 55.4 Å². The molecule has 0 aliphatic carbocycles. The maximum absolute atomic E-state index is 11.8. The summed E-state index contributed by atoms with van der Waals surface area (Å²) in [7, 11) is 3.37. The first-order valence-electron chi connectivity index (χ1n) is 7.07. The summed E-state index contributed by atoms with van der Waals surface area (Å²) >= 11 is 1.25. The van der Waals surface area contributed by atoms with Crippen LogP contribution in [0.25, 0.3) is 11.3 Å². The molecule has 0 atom stereocenters. The summed E-state index contributed by atoms with van der Waals surface area (Å²) < 4.78 is 10.3. The minimum absolute atomic E-state index is 0.0414. The smallest absolute Gasteiger partial charge is 0.305 e. The van der Waals surface area contributed by atoms with Crippen molar-refractivity contribution in [2.75, 3.05) is 40.5 Å². The van der Waals surface area contributed by atoms with Gasteiger partial charge in [-0.15, -0.1) is 0 Å². The van der Waals surface area contributed by atoms with Crippen molar-refractivity contribution in [3.63, 3.8) is 0 Å². The number of nitrogens with zero attached hydrogens (tertiary/aromatic N) is 2. The van der Waals surface area contributed by atoms with Gasteiger partial charge in [-0.1, -0.05) is 11.3 Å². The van der Waals surface area contributed by atoms with Crippen molar-refractivity contribution in [2.24, 2.45) is 0 Å². The molecule has 7 heteroatoms. The monoisotopic (exact) mass is 323 g/mol. The van der Waals surface area contributed by atoms with Crippen LogP contribution in [-0.2, 0) is 16.0 Å². The van der Waals surface area contributed by atoms with Gasteiger partial charge in [-0.2, -0.15) is 0 Å². The molecule has 0 bridgehead atoms. The summed E-state index contributed by atoms with van der Waals surface area (Å²) in [6.07, 6.45) is 3.45. The SMILES string of the molecule is COCCN(CCOC)Cc1sc(=O)[nH]c1-c1ccncc1. The Morgan fingerprint density at radius 2 is 1.82 bits per heavy atom. The van der Waals surface area contributed by atoms with Gasteiger partial charge < -0.3 is 14.5 Å². The van der Waals surface area contributed by atoms with Crippen molar-refractivity contribution < 1.29 is 9.47 Å². The van der Waals surface area contributed by atoms with E-state index in [2.05, 4.69) is 14.9 Å². The normalized spacial score (nSPS) is 11.2. The molecule has 0 saturated carbocycles. The highest BCUT2D eigenvalue weighted by Crippen LogP contribution is 2.23. The third-order valence-corrected chi connectivity index (χ3v) is 4.15. The van der Waals surface area contributed by atoms with Gasteiger partial charge in [-0.3, -0.25) is 14.7 Å². The van der Waals surface area contributed by atoms with Crippen LogP contribution in [0.5, 0.6) is 0 Å². The first-order chi connectivity index (χ1) is 10.7. The number of nitrogens with one attached hydrogen (secondary N) is 1. The first kappa shape index (κ1) is 16.8. The van der Waals surface area contributed by atoms with Gasteiger partial charge in [-0.05, 0) is 12.1 Å². The molecule has 2 heterocycles. The third-order valence-electron chi connectivity index (χ3n) is 3.28. The fraction of sp³-hybridized carbons (Fsp3) is 0.467. The number of hydrogen-bond donors (Lipinski definition) is 1. The first-order valence-corrected chi connectivity index (χ1v) is 7.89. The molecule has 0 aliphatic rings. The van der Waals surface area contributed by atoms with Crippen LogP contribution < -0.4 is 4.87 Å². The molecule has 0 saturated heterocycles. The molecule has 0 unspecified atom stereocenters. The number of H-pyrrole nitrogens is 1. The molecule has 0 fully saturated rings. The Balaban J connectivity index is 2.18. The predicted molar refractivity (Wildman–Crippen MR) is 87.2 cm³/mol. The topological polar surface area (TPSA) is 67.5 Å². The minimum Gasteiger partial charge on any atom is -0.383 e. The Morgan fingerprint density at radius 1 is 1.18 bits per heavy atom. The van der Waals surface area contributed by atoms with Crippen LogP contribution in [0.4, 0.5) is 0 Å². The molecule has 1 N–H and O–H groups in total. The number of thiazole rings is 1. The van der Waals surface area contributed by atoms with E-state index in [0.29, 0.717) is 19.8 Å². The molecule has 2 rings (SSSR count). The van der Waals surface area contributed by atoms with Crippen LogP contribution in [0, 0.1) is 0 Å². The summed E-state index contributed by atoms with van der Waals surface area (Å²) in [4.78, 5) is 21.9. The lowest BCUT2D eigenvalue weighted by Gasteiger charge is -2.21. The molecule has 0 spiro atoms. The van der Waals surface area contributed by atoms with Crippen LogP contribution in [0.15, 0.2) is 29.3 Å². The van der Waals surface area contributed by atoms with E-state index in [-0.39, 0.29) is 4.87 Å². The van der Waals surface area contributed by atoms with E-state index in [1.165, 1.54) is 11.3 Å². The molecule has 2 aromatic heterocycles. The highest BCUT2D eigenvalue weighted by atomic mass is 32.1. The van der Waals surface area contributed by atoms with E-state index >= 15 is 0 Å². The second-order valence-corrected chi connectivity index (χ2v) is 5.88. The average molecular weight is 323 g/mol. The average Bonchev–Trinajstić information content (AvgIpc) is 2.91. The number of aromatic nitrogens is 2. The lowest BCUT2D eigenvalue weighted by Crippen LogP contribution is -2.30. The van der Waals surface area contributed by atoms with Gasteiger partial charge in [0.15, 0.2) is 0 Å². The van der Waals surface area contributed by atoms with Crippen molar-refractivity contribution in [2.45, 2.75) is 6.54 Å². The van der Waals surface area contributed by atoms with Crippen molar-refractivity contribution >= 4 is 11.3 Å². The highest BCUT2D eigenvalue weighted by Gasteiger charge is 2.14. The van der Waals surface area contributed by atoms with Gasteiger partial charge in [0, 0.05) is 56.7 Å². The lowest BCUT2D eigenvalue weighted by molar-refractivity contribution is 0.111. The fourth-order valence-electron chi connectivity index (χ4n) is 2.14. The van der Waals surface area contributed by atoms with Crippen LogP contribution in [0.1, 0.15) is 4.88 Å². The van der Waals surface area contributed by atoms with E-state index < -0.39 is 0 Å². The summed E-state index contributed by atoms with van der Waals surface area (Å²) in [5, 5.41) is 0. The molecule has 0 aromatic carbocycles. The molecular formula is C15H21N3O3S. The molecule has 0 aliphatic heterocycles. The van der Waals surface area contributed by atoms with Gasteiger partial charge in [-0.25, -0.2) is 0 Å². The van der Waals surface area contributed by atoms with Gasteiger partial charge in [0.1, 0.15) is 0 Å². The van der Waals surface area contributed by atoms with Crippen LogP contribution in [0.3, 0.4) is 0 Å². The van der Waals surface area contributed by atoms with Gasteiger partial charge in [0.25, 0.3) is 0 Å². The second-order valence-electron chi connectivity index (χ2n) is 4.81. The zero-order chi connectivity index (χ0) is 15.8. The van der Waals surface area contributed by atoms with E-state index in [0.717, 1.165) is 29.2 Å². The summed E-state index contributed by atoms with van der Waals surface area (Å²) in [5.41, 5.74) is 1.85. The summed E-state index contributed by atoms with van der Waals surface area (Å²) in [6, 6.07) is 3.80. The molecule has 120 valence electrons. The Bertz CT molecular complexity index is 604. The zero-order valence-electron chi connectivity index (χ0n) is 12.9. The number of ether oxygens (including phenoxy) is 2. The Labute approximate surface area is 133 Å². The number of methoxy groups -OCH3 is 2. The van der Waals surface area contributed by atoms with Gasteiger partial charge in [0.05, 0.1) is 18.9 Å². The maximum atomic E-state index is 11.8. The van der Waals surface area contributed by atoms with Gasteiger partial charge in [0.2, 0.25) is 0 Å². The maximum Gasteiger partial charge on any atom is 0.305 e. The fourth-order valence-corrected chi connectivity index (χ4v) is 3.03. The van der Waals surface area contributed by atoms with Crippen LogP contribution >= 0.6 is 11.3 Å². The summed E-state index contributed by atoms with van der Waals surface area (Å²) in [5.74, 6) is 0. The van der Waals surface area contributed by atoms with E-state index in [9.17, 15) is 4.79 Å².